The molecule has 100 valence electrons. The van der Waals surface area contributed by atoms with Gasteiger partial charge in [0.1, 0.15) is 5.75 Å². The molecule has 0 aromatic heterocycles. The first-order valence-electron chi connectivity index (χ1n) is 5.66. The van der Waals surface area contributed by atoms with E-state index in [1.807, 2.05) is 12.1 Å². The van der Waals surface area contributed by atoms with Gasteiger partial charge in [-0.3, -0.25) is 0 Å². The Morgan fingerprint density at radius 2 is 2.06 bits per heavy atom. The SMILES string of the molecule is COc1cc(N)cc(NCCNC(=O)N(C)C)c1. The van der Waals surface area contributed by atoms with Crippen molar-refractivity contribution in [2.75, 3.05) is 45.3 Å². The number of methoxy groups -OCH3 is 1. The van der Waals surface area contributed by atoms with Gasteiger partial charge in [-0.25, -0.2) is 4.79 Å². The van der Waals surface area contributed by atoms with E-state index in [4.69, 9.17) is 10.5 Å². The van der Waals surface area contributed by atoms with Crippen LogP contribution in [0.4, 0.5) is 16.2 Å². The molecule has 0 atom stereocenters. The van der Waals surface area contributed by atoms with Gasteiger partial charge in [0.2, 0.25) is 0 Å². The highest BCUT2D eigenvalue weighted by Gasteiger charge is 2.02. The molecule has 18 heavy (non-hydrogen) atoms. The Morgan fingerprint density at radius 1 is 1.33 bits per heavy atom. The summed E-state index contributed by atoms with van der Waals surface area (Å²) in [5.74, 6) is 0.704. The monoisotopic (exact) mass is 252 g/mol. The van der Waals surface area contributed by atoms with Gasteiger partial charge in [0.05, 0.1) is 7.11 Å². The predicted octanol–water partition coefficient (Wildman–Crippen LogP) is 0.960. The second-order valence-electron chi connectivity index (χ2n) is 4.05. The van der Waals surface area contributed by atoms with Crippen molar-refractivity contribution in [1.29, 1.82) is 0 Å². The van der Waals surface area contributed by atoms with Crippen LogP contribution in [0.3, 0.4) is 0 Å². The van der Waals surface area contributed by atoms with Crippen LogP contribution in [-0.4, -0.2) is 45.2 Å². The Labute approximate surface area is 107 Å². The molecule has 0 unspecified atom stereocenters. The molecule has 0 aliphatic carbocycles. The van der Waals surface area contributed by atoms with Crippen molar-refractivity contribution >= 4 is 17.4 Å². The third kappa shape index (κ3) is 4.40. The van der Waals surface area contributed by atoms with E-state index >= 15 is 0 Å². The van der Waals surface area contributed by atoms with Crippen LogP contribution in [0.2, 0.25) is 0 Å². The fourth-order valence-electron chi connectivity index (χ4n) is 1.38. The fraction of sp³-hybridized carbons (Fsp3) is 0.417. The largest absolute Gasteiger partial charge is 0.497 e. The first-order valence-corrected chi connectivity index (χ1v) is 5.66. The van der Waals surface area contributed by atoms with E-state index in [0.717, 1.165) is 5.69 Å². The third-order valence-corrected chi connectivity index (χ3v) is 2.30. The first-order chi connectivity index (χ1) is 8.52. The van der Waals surface area contributed by atoms with Crippen molar-refractivity contribution in [1.82, 2.24) is 10.2 Å². The molecule has 4 N–H and O–H groups in total. The average Bonchev–Trinajstić information content (AvgIpc) is 2.33. The Morgan fingerprint density at radius 3 is 2.67 bits per heavy atom. The summed E-state index contributed by atoms with van der Waals surface area (Å²) in [6.07, 6.45) is 0. The van der Waals surface area contributed by atoms with Crippen LogP contribution < -0.4 is 21.1 Å². The summed E-state index contributed by atoms with van der Waals surface area (Å²) < 4.78 is 5.12. The maximum Gasteiger partial charge on any atom is 0.316 e. The Balaban J connectivity index is 2.39. The van der Waals surface area contributed by atoms with Gasteiger partial charge in [-0.05, 0) is 6.07 Å². The predicted molar refractivity (Wildman–Crippen MR) is 73.0 cm³/mol. The van der Waals surface area contributed by atoms with Crippen LogP contribution in [-0.2, 0) is 0 Å². The lowest BCUT2D eigenvalue weighted by Gasteiger charge is -2.13. The molecule has 2 amide bonds. The smallest absolute Gasteiger partial charge is 0.316 e. The zero-order valence-corrected chi connectivity index (χ0v) is 11.0. The van der Waals surface area contributed by atoms with Crippen LogP contribution >= 0.6 is 0 Å². The molecule has 0 bridgehead atoms. The average molecular weight is 252 g/mol. The van der Waals surface area contributed by atoms with E-state index in [-0.39, 0.29) is 6.03 Å². The number of nitrogen functional groups attached to an aromatic ring is 1. The second kappa shape index (κ2) is 6.58. The zero-order chi connectivity index (χ0) is 13.5. The summed E-state index contributed by atoms with van der Waals surface area (Å²) in [6, 6.07) is 5.31. The van der Waals surface area contributed by atoms with E-state index in [9.17, 15) is 4.79 Å². The number of carbonyl (C=O) groups excluding carboxylic acids is 1. The van der Waals surface area contributed by atoms with Crippen LogP contribution in [0.1, 0.15) is 0 Å². The number of amides is 2. The lowest BCUT2D eigenvalue weighted by molar-refractivity contribution is 0.218. The molecule has 1 rings (SSSR count). The quantitative estimate of drug-likeness (QED) is 0.538. The van der Waals surface area contributed by atoms with E-state index in [1.54, 1.807) is 27.3 Å². The van der Waals surface area contributed by atoms with Crippen LogP contribution in [0, 0.1) is 0 Å². The molecule has 6 nitrogen and oxygen atoms in total. The van der Waals surface area contributed by atoms with Crippen LogP contribution in [0.5, 0.6) is 5.75 Å². The van der Waals surface area contributed by atoms with Crippen molar-refractivity contribution in [3.05, 3.63) is 18.2 Å². The van der Waals surface area contributed by atoms with Gasteiger partial charge in [0.25, 0.3) is 0 Å². The molecule has 0 fully saturated rings. The number of rotatable bonds is 5. The minimum absolute atomic E-state index is 0.109. The van der Waals surface area contributed by atoms with E-state index in [1.165, 1.54) is 4.90 Å². The number of hydrogen-bond acceptors (Lipinski definition) is 4. The van der Waals surface area contributed by atoms with Gasteiger partial charge < -0.3 is 26.0 Å². The highest BCUT2D eigenvalue weighted by molar-refractivity contribution is 5.73. The van der Waals surface area contributed by atoms with Gasteiger partial charge in [-0.1, -0.05) is 0 Å². The normalized spacial score (nSPS) is 9.72. The van der Waals surface area contributed by atoms with E-state index < -0.39 is 0 Å². The summed E-state index contributed by atoms with van der Waals surface area (Å²) >= 11 is 0. The molecule has 0 aliphatic heterocycles. The summed E-state index contributed by atoms with van der Waals surface area (Å²) in [4.78, 5) is 12.7. The number of nitrogens with zero attached hydrogens (tertiary/aromatic N) is 1. The molecule has 0 saturated heterocycles. The molecular formula is C12H20N4O2. The molecule has 0 radical (unpaired) electrons. The summed E-state index contributed by atoms with van der Waals surface area (Å²) in [5.41, 5.74) is 7.23. The number of nitrogens with two attached hydrogens (primary N) is 1. The molecule has 1 aromatic carbocycles. The molecule has 0 saturated carbocycles. The molecule has 0 spiro atoms. The molecule has 1 aromatic rings. The maximum absolute atomic E-state index is 11.3. The maximum atomic E-state index is 11.3. The number of hydrogen-bond donors (Lipinski definition) is 3. The Bertz CT molecular complexity index is 407. The fourth-order valence-corrected chi connectivity index (χ4v) is 1.38. The van der Waals surface area contributed by atoms with Crippen molar-refractivity contribution < 1.29 is 9.53 Å². The topological polar surface area (TPSA) is 79.6 Å². The van der Waals surface area contributed by atoms with E-state index in [2.05, 4.69) is 10.6 Å². The molecule has 0 heterocycles. The van der Waals surface area contributed by atoms with Gasteiger partial charge >= 0.3 is 6.03 Å². The standard InChI is InChI=1S/C12H20N4O2/c1-16(2)12(17)15-5-4-14-10-6-9(13)7-11(8-10)18-3/h6-8,14H,4-5,13H2,1-3H3,(H,15,17). The lowest BCUT2D eigenvalue weighted by Crippen LogP contribution is -2.37. The summed E-state index contributed by atoms with van der Waals surface area (Å²) in [7, 11) is 4.99. The Kier molecular flexibility index (Phi) is 5.10. The first kappa shape index (κ1) is 14.0. The van der Waals surface area contributed by atoms with Crippen molar-refractivity contribution in [2.24, 2.45) is 0 Å². The molecular weight excluding hydrogens is 232 g/mol. The number of nitrogens with one attached hydrogen (secondary N) is 2. The van der Waals surface area contributed by atoms with Gasteiger partial charge in [-0.2, -0.15) is 0 Å². The minimum Gasteiger partial charge on any atom is -0.497 e. The Hall–Kier alpha value is -2.11. The van der Waals surface area contributed by atoms with Gasteiger partial charge in [0, 0.05) is 50.7 Å². The molecule has 6 heteroatoms. The van der Waals surface area contributed by atoms with Gasteiger partial charge in [-0.15, -0.1) is 0 Å². The number of ether oxygens (including phenoxy) is 1. The highest BCUT2D eigenvalue weighted by Crippen LogP contribution is 2.21. The van der Waals surface area contributed by atoms with Gasteiger partial charge in [0.15, 0.2) is 0 Å². The van der Waals surface area contributed by atoms with Crippen molar-refractivity contribution in [3.8, 4) is 5.75 Å². The second-order valence-corrected chi connectivity index (χ2v) is 4.05. The summed E-state index contributed by atoms with van der Waals surface area (Å²) in [6.45, 7) is 1.15. The number of anilines is 2. The number of urea groups is 1. The van der Waals surface area contributed by atoms with Crippen molar-refractivity contribution in [2.45, 2.75) is 0 Å². The number of carbonyl (C=O) groups is 1. The summed E-state index contributed by atoms with van der Waals surface area (Å²) in [5, 5.41) is 5.92. The number of benzene rings is 1. The molecule has 0 aliphatic rings. The minimum atomic E-state index is -0.109. The highest BCUT2D eigenvalue weighted by atomic mass is 16.5. The van der Waals surface area contributed by atoms with Crippen molar-refractivity contribution in [3.63, 3.8) is 0 Å². The lowest BCUT2D eigenvalue weighted by atomic mass is 10.2. The van der Waals surface area contributed by atoms with E-state index in [0.29, 0.717) is 24.5 Å². The zero-order valence-electron chi connectivity index (χ0n) is 11.0. The third-order valence-electron chi connectivity index (χ3n) is 2.30. The van der Waals surface area contributed by atoms with Crippen LogP contribution in [0.25, 0.3) is 0 Å². The van der Waals surface area contributed by atoms with Crippen LogP contribution in [0.15, 0.2) is 18.2 Å².